The molecule has 0 radical (unpaired) electrons. The second-order valence-corrected chi connectivity index (χ2v) is 7.61. The molecule has 0 saturated carbocycles. The van der Waals surface area contributed by atoms with E-state index in [1.54, 1.807) is 28.4 Å². The van der Waals surface area contributed by atoms with Gasteiger partial charge >= 0.3 is 0 Å². The normalized spacial score (nSPS) is 24.6. The summed E-state index contributed by atoms with van der Waals surface area (Å²) in [4.78, 5) is 0. The van der Waals surface area contributed by atoms with Gasteiger partial charge in [0.05, 0.1) is 40.6 Å². The van der Waals surface area contributed by atoms with Crippen molar-refractivity contribution in [3.8, 4) is 34.5 Å². The Balaban J connectivity index is 1.69. The van der Waals surface area contributed by atoms with E-state index in [0.29, 0.717) is 34.5 Å². The van der Waals surface area contributed by atoms with Crippen LogP contribution >= 0.6 is 0 Å². The molecular formula is C23H28O7. The van der Waals surface area contributed by atoms with Crippen LogP contribution in [-0.4, -0.2) is 35.2 Å². The van der Waals surface area contributed by atoms with E-state index in [9.17, 15) is 0 Å². The monoisotopic (exact) mass is 416 g/mol. The van der Waals surface area contributed by atoms with Crippen molar-refractivity contribution < 1.29 is 33.2 Å². The van der Waals surface area contributed by atoms with E-state index in [1.165, 1.54) is 0 Å². The molecule has 2 aromatic carbocycles. The molecule has 4 rings (SSSR count). The first kappa shape index (κ1) is 20.5. The number of ether oxygens (including phenoxy) is 7. The third-order valence-corrected chi connectivity index (χ3v) is 6.10. The van der Waals surface area contributed by atoms with Gasteiger partial charge < -0.3 is 33.2 Å². The first-order chi connectivity index (χ1) is 14.5. The van der Waals surface area contributed by atoms with Crippen molar-refractivity contribution in [3.63, 3.8) is 0 Å². The second kappa shape index (κ2) is 8.14. The molecule has 2 aliphatic heterocycles. The number of hydrogen-bond donors (Lipinski definition) is 0. The molecule has 30 heavy (non-hydrogen) atoms. The van der Waals surface area contributed by atoms with Gasteiger partial charge in [-0.2, -0.15) is 0 Å². The summed E-state index contributed by atoms with van der Waals surface area (Å²) in [6, 6.07) is 7.87. The first-order valence-corrected chi connectivity index (χ1v) is 9.95. The lowest BCUT2D eigenvalue weighted by molar-refractivity contribution is 0.0286. The highest BCUT2D eigenvalue weighted by Gasteiger charge is 2.42. The molecule has 0 spiro atoms. The molecule has 0 aliphatic carbocycles. The Bertz CT molecular complexity index is 901. The lowest BCUT2D eigenvalue weighted by atomic mass is 9.85. The van der Waals surface area contributed by atoms with Crippen LogP contribution in [0.2, 0.25) is 0 Å². The molecular weight excluding hydrogens is 388 g/mol. The van der Waals surface area contributed by atoms with E-state index < -0.39 is 0 Å². The molecule has 0 bridgehead atoms. The van der Waals surface area contributed by atoms with Gasteiger partial charge in [0, 0.05) is 0 Å². The van der Waals surface area contributed by atoms with E-state index >= 15 is 0 Å². The minimum atomic E-state index is -0.130. The van der Waals surface area contributed by atoms with Crippen LogP contribution in [0.25, 0.3) is 0 Å². The highest BCUT2D eigenvalue weighted by molar-refractivity contribution is 5.56. The SMILES string of the molecule is COc1cc([C@@H]2O[C@@H](c3cc(OC)c4c(c3)OCO4)[C@H](C)[C@@H]2C)cc(OC)c1OC. The van der Waals surface area contributed by atoms with Crippen LogP contribution in [-0.2, 0) is 4.74 Å². The van der Waals surface area contributed by atoms with Crippen LogP contribution in [0.4, 0.5) is 0 Å². The molecule has 0 N–H and O–H groups in total. The van der Waals surface area contributed by atoms with Crippen molar-refractivity contribution in [1.29, 1.82) is 0 Å². The topological polar surface area (TPSA) is 64.6 Å². The van der Waals surface area contributed by atoms with E-state index in [4.69, 9.17) is 33.2 Å². The molecule has 2 heterocycles. The lowest BCUT2D eigenvalue weighted by Gasteiger charge is -2.20. The Kier molecular flexibility index (Phi) is 5.56. The smallest absolute Gasteiger partial charge is 0.231 e. The predicted octanol–water partition coefficient (Wildman–Crippen LogP) is 4.53. The Morgan fingerprint density at radius 3 is 1.77 bits per heavy atom. The van der Waals surface area contributed by atoms with Gasteiger partial charge in [0.25, 0.3) is 0 Å². The molecule has 1 saturated heterocycles. The van der Waals surface area contributed by atoms with Crippen LogP contribution < -0.4 is 28.4 Å². The van der Waals surface area contributed by atoms with Crippen molar-refractivity contribution in [1.82, 2.24) is 0 Å². The molecule has 1 fully saturated rings. The van der Waals surface area contributed by atoms with E-state index in [2.05, 4.69) is 13.8 Å². The van der Waals surface area contributed by atoms with Gasteiger partial charge in [0.15, 0.2) is 23.0 Å². The van der Waals surface area contributed by atoms with Crippen LogP contribution in [0.3, 0.4) is 0 Å². The Morgan fingerprint density at radius 1 is 0.700 bits per heavy atom. The maximum Gasteiger partial charge on any atom is 0.231 e. The third-order valence-electron chi connectivity index (χ3n) is 6.10. The maximum absolute atomic E-state index is 6.59. The van der Waals surface area contributed by atoms with E-state index in [-0.39, 0.29) is 30.8 Å². The van der Waals surface area contributed by atoms with Gasteiger partial charge in [-0.15, -0.1) is 0 Å². The number of rotatable bonds is 6. The summed E-state index contributed by atoms with van der Waals surface area (Å²) in [6.07, 6.45) is -0.248. The molecule has 162 valence electrons. The van der Waals surface area contributed by atoms with Gasteiger partial charge in [-0.05, 0) is 47.2 Å². The minimum absolute atomic E-state index is 0.118. The van der Waals surface area contributed by atoms with Crippen molar-refractivity contribution in [3.05, 3.63) is 35.4 Å². The fourth-order valence-corrected chi connectivity index (χ4v) is 4.30. The lowest BCUT2D eigenvalue weighted by Crippen LogP contribution is -2.10. The second-order valence-electron chi connectivity index (χ2n) is 7.61. The van der Waals surface area contributed by atoms with Crippen molar-refractivity contribution >= 4 is 0 Å². The Morgan fingerprint density at radius 2 is 1.23 bits per heavy atom. The summed E-state index contributed by atoms with van der Waals surface area (Å²) in [5.41, 5.74) is 1.99. The first-order valence-electron chi connectivity index (χ1n) is 9.95. The summed E-state index contributed by atoms with van der Waals surface area (Å²) in [6.45, 7) is 4.59. The predicted molar refractivity (Wildman–Crippen MR) is 110 cm³/mol. The van der Waals surface area contributed by atoms with Crippen molar-refractivity contribution in [2.45, 2.75) is 26.1 Å². The van der Waals surface area contributed by atoms with E-state index in [1.807, 2.05) is 24.3 Å². The average molecular weight is 416 g/mol. The third kappa shape index (κ3) is 3.27. The molecule has 7 nitrogen and oxygen atoms in total. The maximum atomic E-state index is 6.59. The van der Waals surface area contributed by atoms with Crippen molar-refractivity contribution in [2.75, 3.05) is 35.2 Å². The quantitative estimate of drug-likeness (QED) is 0.685. The minimum Gasteiger partial charge on any atom is -0.493 e. The van der Waals surface area contributed by atoms with Gasteiger partial charge in [-0.1, -0.05) is 13.8 Å². The summed E-state index contributed by atoms with van der Waals surface area (Å²) >= 11 is 0. The van der Waals surface area contributed by atoms with Crippen LogP contribution in [0.15, 0.2) is 24.3 Å². The van der Waals surface area contributed by atoms with Gasteiger partial charge in [0.2, 0.25) is 18.3 Å². The molecule has 0 aromatic heterocycles. The average Bonchev–Trinajstić information content (AvgIpc) is 3.36. The van der Waals surface area contributed by atoms with Crippen LogP contribution in [0.5, 0.6) is 34.5 Å². The number of hydrogen-bond acceptors (Lipinski definition) is 7. The van der Waals surface area contributed by atoms with E-state index in [0.717, 1.165) is 11.1 Å². The number of fused-ring (bicyclic) bond motifs is 1. The highest BCUT2D eigenvalue weighted by Crippen LogP contribution is 2.53. The number of benzene rings is 2. The van der Waals surface area contributed by atoms with Gasteiger partial charge in [-0.25, -0.2) is 0 Å². The summed E-state index contributed by atoms with van der Waals surface area (Å²) in [7, 11) is 6.45. The van der Waals surface area contributed by atoms with Crippen molar-refractivity contribution in [2.24, 2.45) is 11.8 Å². The molecule has 2 aromatic rings. The fraction of sp³-hybridized carbons (Fsp3) is 0.478. The Hall–Kier alpha value is -2.80. The zero-order valence-corrected chi connectivity index (χ0v) is 18.2. The summed E-state index contributed by atoms with van der Waals surface area (Å²) < 4.78 is 39.7. The summed E-state index contributed by atoms with van der Waals surface area (Å²) in [5, 5.41) is 0. The molecule has 0 unspecified atom stereocenters. The van der Waals surface area contributed by atoms with Gasteiger partial charge in [-0.3, -0.25) is 0 Å². The zero-order chi connectivity index (χ0) is 21.4. The number of methoxy groups -OCH3 is 4. The highest BCUT2D eigenvalue weighted by atomic mass is 16.7. The zero-order valence-electron chi connectivity index (χ0n) is 18.2. The molecule has 0 amide bonds. The van der Waals surface area contributed by atoms with Crippen LogP contribution in [0, 0.1) is 11.8 Å². The largest absolute Gasteiger partial charge is 0.493 e. The molecule has 2 aliphatic rings. The summed E-state index contributed by atoms with van der Waals surface area (Å²) in [5.74, 6) is 4.30. The van der Waals surface area contributed by atoms with Crippen LogP contribution in [0.1, 0.15) is 37.2 Å². The standard InChI is InChI=1S/C23H28O7/c1-12-13(2)21(15-9-18(26-5)23-19(10-15)28-11-29-23)30-20(12)14-7-16(24-3)22(27-6)17(8-14)25-4/h7-10,12-13,20-21H,11H2,1-6H3/t12-,13+,20+,21+/m0/s1. The molecule has 7 heteroatoms. The molecule has 4 atom stereocenters. The van der Waals surface area contributed by atoms with Gasteiger partial charge in [0.1, 0.15) is 0 Å². The Labute approximate surface area is 176 Å². The fourth-order valence-electron chi connectivity index (χ4n) is 4.30.